The highest BCUT2D eigenvalue weighted by molar-refractivity contribution is 6.00. The molecule has 0 bridgehead atoms. The van der Waals surface area contributed by atoms with Crippen molar-refractivity contribution in [2.45, 2.75) is 52.8 Å². The zero-order chi connectivity index (χ0) is 30.7. The fraction of sp³-hybridized carbons (Fsp3) is 0.452. The molecule has 5 rings (SSSR count). The molecular formula is C31H39N5O7. The van der Waals surface area contributed by atoms with Crippen molar-refractivity contribution < 1.29 is 33.4 Å². The van der Waals surface area contributed by atoms with Crippen LogP contribution in [0.5, 0.6) is 17.2 Å². The Morgan fingerprint density at radius 1 is 1.14 bits per heavy atom. The molecule has 0 fully saturated rings. The normalized spacial score (nSPS) is 18.8. The number of hydrogen-bond donors (Lipinski definition) is 3. The minimum atomic E-state index is -0.461. The zero-order valence-electron chi connectivity index (χ0n) is 25.2. The fourth-order valence-corrected chi connectivity index (χ4v) is 5.39. The third-order valence-electron chi connectivity index (χ3n) is 7.83. The van der Waals surface area contributed by atoms with Gasteiger partial charge in [-0.25, -0.2) is 4.79 Å². The van der Waals surface area contributed by atoms with E-state index in [0.29, 0.717) is 53.8 Å². The van der Waals surface area contributed by atoms with Crippen LogP contribution in [0.4, 0.5) is 16.2 Å². The van der Waals surface area contributed by atoms with Crippen molar-refractivity contribution in [1.82, 2.24) is 15.0 Å². The first-order chi connectivity index (χ1) is 20.6. The largest absolute Gasteiger partial charge is 0.488 e. The van der Waals surface area contributed by atoms with Crippen LogP contribution in [0, 0.1) is 19.8 Å². The van der Waals surface area contributed by atoms with Crippen LogP contribution in [0.2, 0.25) is 0 Å². The molecular weight excluding hydrogens is 554 g/mol. The highest BCUT2D eigenvalue weighted by Crippen LogP contribution is 2.33. The van der Waals surface area contributed by atoms with Gasteiger partial charge in [0.05, 0.1) is 19.1 Å². The number of aliphatic hydroxyl groups excluding tert-OH is 1. The summed E-state index contributed by atoms with van der Waals surface area (Å²) < 4.78 is 22.7. The van der Waals surface area contributed by atoms with E-state index in [2.05, 4.69) is 27.6 Å². The second kappa shape index (κ2) is 12.9. The van der Waals surface area contributed by atoms with Crippen LogP contribution in [0.1, 0.15) is 36.4 Å². The van der Waals surface area contributed by atoms with E-state index in [1.54, 1.807) is 36.9 Å². The number of aromatic nitrogens is 1. The van der Waals surface area contributed by atoms with Gasteiger partial charge in [0.15, 0.2) is 17.3 Å². The summed E-state index contributed by atoms with van der Waals surface area (Å²) >= 11 is 0. The summed E-state index contributed by atoms with van der Waals surface area (Å²) in [7, 11) is 2.03. The molecule has 0 spiro atoms. The molecule has 12 heteroatoms. The lowest BCUT2D eigenvalue weighted by molar-refractivity contribution is -0.134. The number of amides is 3. The highest BCUT2D eigenvalue weighted by Gasteiger charge is 2.31. The minimum Gasteiger partial charge on any atom is -0.488 e. The molecule has 0 aliphatic carbocycles. The highest BCUT2D eigenvalue weighted by atomic mass is 16.7. The number of anilines is 2. The van der Waals surface area contributed by atoms with E-state index < -0.39 is 6.03 Å². The van der Waals surface area contributed by atoms with Crippen molar-refractivity contribution in [3.63, 3.8) is 0 Å². The van der Waals surface area contributed by atoms with Crippen LogP contribution in [0.3, 0.4) is 0 Å². The lowest BCUT2D eigenvalue weighted by Gasteiger charge is -2.34. The lowest BCUT2D eigenvalue weighted by atomic mass is 10.0. The summed E-state index contributed by atoms with van der Waals surface area (Å²) in [6.45, 7) is 9.12. The predicted molar refractivity (Wildman–Crippen MR) is 160 cm³/mol. The average Bonchev–Trinajstić information content (AvgIpc) is 3.57. The molecule has 43 heavy (non-hydrogen) atoms. The second-order valence-corrected chi connectivity index (χ2v) is 11.4. The van der Waals surface area contributed by atoms with Crippen molar-refractivity contribution in [1.29, 1.82) is 0 Å². The number of ether oxygens (including phenoxy) is 3. The number of aryl methyl sites for hydroxylation is 2. The SMILES string of the molecule is Cc1noc(C)c1NC(=O)Nc1ccc2c(c1)CC(=O)N([C@@H](C)CO)C[C@@H](C)[C@@H](CN(C)Cc1ccc3c(c1)OCO3)O2. The summed E-state index contributed by atoms with van der Waals surface area (Å²) in [6, 6.07) is 10.4. The third-order valence-corrected chi connectivity index (χ3v) is 7.83. The predicted octanol–water partition coefficient (Wildman–Crippen LogP) is 3.95. The van der Waals surface area contributed by atoms with Crippen molar-refractivity contribution in [2.75, 3.05) is 44.2 Å². The van der Waals surface area contributed by atoms with Gasteiger partial charge < -0.3 is 39.4 Å². The number of aliphatic hydroxyl groups is 1. The summed E-state index contributed by atoms with van der Waals surface area (Å²) in [5.74, 6) is 2.41. The number of rotatable bonds is 8. The average molecular weight is 594 g/mol. The molecule has 230 valence electrons. The Morgan fingerprint density at radius 2 is 1.91 bits per heavy atom. The summed E-state index contributed by atoms with van der Waals surface area (Å²) in [5.41, 5.74) is 3.31. The number of benzene rings is 2. The van der Waals surface area contributed by atoms with Crippen LogP contribution in [0.15, 0.2) is 40.9 Å². The van der Waals surface area contributed by atoms with E-state index in [1.807, 2.05) is 32.2 Å². The maximum absolute atomic E-state index is 13.5. The molecule has 0 unspecified atom stereocenters. The Morgan fingerprint density at radius 3 is 2.65 bits per heavy atom. The van der Waals surface area contributed by atoms with Crippen molar-refractivity contribution in [3.8, 4) is 17.2 Å². The number of carbonyl (C=O) groups excluding carboxylic acids is 2. The Hall–Kier alpha value is -4.29. The molecule has 3 heterocycles. The Balaban J connectivity index is 1.36. The number of nitrogens with one attached hydrogen (secondary N) is 2. The monoisotopic (exact) mass is 593 g/mol. The number of urea groups is 1. The van der Waals surface area contributed by atoms with Crippen LogP contribution < -0.4 is 24.8 Å². The van der Waals surface area contributed by atoms with Crippen LogP contribution in [-0.2, 0) is 17.8 Å². The van der Waals surface area contributed by atoms with E-state index in [4.69, 9.17) is 18.7 Å². The van der Waals surface area contributed by atoms with E-state index in [1.165, 1.54) is 0 Å². The van der Waals surface area contributed by atoms with Crippen molar-refractivity contribution >= 4 is 23.3 Å². The Labute approximate surface area is 250 Å². The smallest absolute Gasteiger partial charge is 0.323 e. The molecule has 3 atom stereocenters. The molecule has 2 aliphatic heterocycles. The molecule has 0 saturated heterocycles. The molecule has 1 aromatic heterocycles. The second-order valence-electron chi connectivity index (χ2n) is 11.4. The van der Waals surface area contributed by atoms with E-state index in [-0.39, 0.29) is 43.8 Å². The quantitative estimate of drug-likeness (QED) is 0.354. The van der Waals surface area contributed by atoms with Gasteiger partial charge in [0.1, 0.15) is 23.2 Å². The first-order valence-corrected chi connectivity index (χ1v) is 14.4. The van der Waals surface area contributed by atoms with Crippen LogP contribution in [-0.4, -0.2) is 77.7 Å². The third kappa shape index (κ3) is 7.03. The first kappa shape index (κ1) is 30.2. The van der Waals surface area contributed by atoms with Gasteiger partial charge >= 0.3 is 6.03 Å². The molecule has 0 radical (unpaired) electrons. The molecule has 2 aromatic carbocycles. The number of likely N-dealkylation sites (N-methyl/N-ethyl adjacent to an activating group) is 1. The standard InChI is InChI=1S/C31H39N5O7/c1-18-13-36(19(2)16-37)29(38)12-23-11-24(32-31(39)33-30-20(3)34-43-21(30)4)7-9-25(23)42-28(18)15-35(5)14-22-6-8-26-27(10-22)41-17-40-26/h6-11,18-19,28,37H,12-17H2,1-5H3,(H2,32,33,39)/t18-,19+,28-/m1/s1. The number of carbonyl (C=O) groups is 2. The van der Waals surface area contributed by atoms with Gasteiger partial charge in [-0.3, -0.25) is 9.69 Å². The molecule has 2 aliphatic rings. The topological polar surface area (TPSA) is 139 Å². The summed E-state index contributed by atoms with van der Waals surface area (Å²) in [5, 5.41) is 19.4. The number of fused-ring (bicyclic) bond motifs is 2. The van der Waals surface area contributed by atoms with Gasteiger partial charge in [0.2, 0.25) is 12.7 Å². The molecule has 0 saturated carbocycles. The first-order valence-electron chi connectivity index (χ1n) is 14.4. The van der Waals surface area contributed by atoms with Gasteiger partial charge in [-0.1, -0.05) is 18.1 Å². The van der Waals surface area contributed by atoms with Crippen LogP contribution in [0.25, 0.3) is 0 Å². The summed E-state index contributed by atoms with van der Waals surface area (Å²) in [4.78, 5) is 30.2. The lowest BCUT2D eigenvalue weighted by Crippen LogP contribution is -2.47. The van der Waals surface area contributed by atoms with Crippen molar-refractivity contribution in [2.24, 2.45) is 5.92 Å². The Kier molecular flexibility index (Phi) is 9.07. The van der Waals surface area contributed by atoms with E-state index >= 15 is 0 Å². The van der Waals surface area contributed by atoms with Crippen LogP contribution >= 0.6 is 0 Å². The zero-order valence-corrected chi connectivity index (χ0v) is 25.2. The number of hydrogen-bond acceptors (Lipinski definition) is 9. The molecule has 3 N–H and O–H groups in total. The molecule has 12 nitrogen and oxygen atoms in total. The fourth-order valence-electron chi connectivity index (χ4n) is 5.39. The van der Waals surface area contributed by atoms with Crippen molar-refractivity contribution in [3.05, 3.63) is 59.0 Å². The molecule has 3 amide bonds. The summed E-state index contributed by atoms with van der Waals surface area (Å²) in [6.07, 6.45) is -0.202. The van der Waals surface area contributed by atoms with E-state index in [9.17, 15) is 14.7 Å². The maximum Gasteiger partial charge on any atom is 0.323 e. The van der Waals surface area contributed by atoms with Gasteiger partial charge in [-0.15, -0.1) is 0 Å². The minimum absolute atomic E-state index is 0.0401. The number of nitrogens with zero attached hydrogens (tertiary/aromatic N) is 3. The van der Waals surface area contributed by atoms with Gasteiger partial charge in [0, 0.05) is 36.8 Å². The van der Waals surface area contributed by atoms with Gasteiger partial charge in [-0.05, 0) is 63.7 Å². The maximum atomic E-state index is 13.5. The Bertz CT molecular complexity index is 1460. The van der Waals surface area contributed by atoms with Gasteiger partial charge in [-0.2, -0.15) is 0 Å². The van der Waals surface area contributed by atoms with Gasteiger partial charge in [0.25, 0.3) is 0 Å². The molecule has 3 aromatic rings. The van der Waals surface area contributed by atoms with E-state index in [0.717, 1.165) is 17.1 Å².